The smallest absolute Gasteiger partial charge is 0.178 e. The molecule has 0 bridgehead atoms. The third kappa shape index (κ3) is 3.05. The van der Waals surface area contributed by atoms with Gasteiger partial charge in [0.1, 0.15) is 17.0 Å². The van der Waals surface area contributed by atoms with Crippen LogP contribution in [0.3, 0.4) is 0 Å². The highest BCUT2D eigenvalue weighted by molar-refractivity contribution is 7.08. The summed E-state index contributed by atoms with van der Waals surface area (Å²) in [4.78, 5) is 28.7. The number of nitrogens with two attached hydrogens (primary N) is 1. The van der Waals surface area contributed by atoms with Gasteiger partial charge in [-0.2, -0.15) is 16.4 Å². The number of fused-ring (bicyclic) bond motifs is 2. The van der Waals surface area contributed by atoms with Crippen LogP contribution in [-0.2, 0) is 0 Å². The summed E-state index contributed by atoms with van der Waals surface area (Å²) in [5.41, 5.74) is 13.1. The van der Waals surface area contributed by atoms with E-state index in [1.807, 2.05) is 18.2 Å². The summed E-state index contributed by atoms with van der Waals surface area (Å²) in [5.74, 6) is 1.41. The zero-order chi connectivity index (χ0) is 22.6. The van der Waals surface area contributed by atoms with Crippen molar-refractivity contribution in [2.24, 2.45) is 5.73 Å². The first-order valence-corrected chi connectivity index (χ1v) is 11.7. The zero-order valence-electron chi connectivity index (χ0n) is 17.8. The average molecular weight is 467 g/mol. The molecule has 0 aromatic carbocycles. The molecule has 1 aliphatic heterocycles. The Morgan fingerprint density at radius 2 is 1.97 bits per heavy atom. The molecule has 0 aliphatic carbocycles. The number of nitrogens with one attached hydrogen (secondary N) is 2. The van der Waals surface area contributed by atoms with Crippen LogP contribution in [0.4, 0.5) is 5.82 Å². The summed E-state index contributed by atoms with van der Waals surface area (Å²) in [6, 6.07) is 8.11. The molecule has 1 aliphatic rings. The number of aromatic amines is 2. The molecule has 0 amide bonds. The number of imidazole rings is 1. The lowest BCUT2D eigenvalue weighted by Crippen LogP contribution is -2.56. The largest absolute Gasteiger partial charge is 0.352 e. The number of H-pyrrole nitrogens is 2. The maximum Gasteiger partial charge on any atom is 0.178 e. The number of nitrogens with zero attached hydrogens (tertiary/aromatic N) is 7. The fraction of sp³-hybridized carbons (Fsp3) is 0.130. The Morgan fingerprint density at radius 1 is 1.03 bits per heavy atom. The molecule has 7 rings (SSSR count). The van der Waals surface area contributed by atoms with Crippen LogP contribution in [0.5, 0.6) is 0 Å². The average Bonchev–Trinajstić information content (AvgIpc) is 3.60. The molecule has 11 heteroatoms. The summed E-state index contributed by atoms with van der Waals surface area (Å²) < 4.78 is 0. The summed E-state index contributed by atoms with van der Waals surface area (Å²) in [6.45, 7) is 1.56. The van der Waals surface area contributed by atoms with Gasteiger partial charge in [0.05, 0.1) is 29.1 Å². The van der Waals surface area contributed by atoms with Crippen LogP contribution < -0.4 is 10.6 Å². The molecule has 0 saturated carbocycles. The molecule has 0 spiro atoms. The van der Waals surface area contributed by atoms with Crippen LogP contribution in [-0.4, -0.2) is 59.2 Å². The van der Waals surface area contributed by atoms with Crippen molar-refractivity contribution in [1.29, 1.82) is 0 Å². The second kappa shape index (κ2) is 7.40. The van der Waals surface area contributed by atoms with Crippen molar-refractivity contribution in [2.45, 2.75) is 6.04 Å². The van der Waals surface area contributed by atoms with E-state index in [1.54, 1.807) is 29.9 Å². The molecule has 1 saturated heterocycles. The first-order chi connectivity index (χ1) is 16.7. The predicted molar refractivity (Wildman–Crippen MR) is 131 cm³/mol. The number of anilines is 1. The van der Waals surface area contributed by atoms with E-state index in [4.69, 9.17) is 20.7 Å². The Bertz CT molecular complexity index is 1650. The van der Waals surface area contributed by atoms with Crippen molar-refractivity contribution >= 4 is 39.4 Å². The van der Waals surface area contributed by atoms with Crippen molar-refractivity contribution in [3.63, 3.8) is 0 Å². The van der Waals surface area contributed by atoms with Gasteiger partial charge in [0, 0.05) is 30.9 Å². The minimum atomic E-state index is 0.187. The van der Waals surface area contributed by atoms with Gasteiger partial charge in [-0.15, -0.1) is 0 Å². The normalized spacial score (nSPS) is 14.2. The molecular weight excluding hydrogens is 448 g/mol. The Kier molecular flexibility index (Phi) is 4.19. The molecule has 34 heavy (non-hydrogen) atoms. The van der Waals surface area contributed by atoms with Crippen molar-refractivity contribution in [3.8, 4) is 34.0 Å². The SMILES string of the molecule is NC1CN(c2cncc(-c3ccc4[nH]nc(-c5nc6nccc(-c7ccsc7)c6[nH]5)c4n3)n2)C1. The van der Waals surface area contributed by atoms with Crippen LogP contribution in [0.2, 0.25) is 0 Å². The Labute approximate surface area is 196 Å². The van der Waals surface area contributed by atoms with E-state index in [1.165, 1.54) is 0 Å². The number of pyridine rings is 2. The van der Waals surface area contributed by atoms with Crippen molar-refractivity contribution in [2.75, 3.05) is 18.0 Å². The highest BCUT2D eigenvalue weighted by Crippen LogP contribution is 2.31. The van der Waals surface area contributed by atoms with Gasteiger partial charge in [-0.05, 0) is 40.6 Å². The van der Waals surface area contributed by atoms with Crippen LogP contribution in [0.25, 0.3) is 56.2 Å². The lowest BCUT2D eigenvalue weighted by Gasteiger charge is -2.37. The molecule has 1 fully saturated rings. The second-order valence-corrected chi connectivity index (χ2v) is 9.03. The lowest BCUT2D eigenvalue weighted by molar-refractivity contribution is 0.514. The fourth-order valence-electron chi connectivity index (χ4n) is 4.22. The highest BCUT2D eigenvalue weighted by Gasteiger charge is 2.25. The Hall–Kier alpha value is -4.22. The van der Waals surface area contributed by atoms with Gasteiger partial charge in [0.15, 0.2) is 17.2 Å². The molecule has 166 valence electrons. The quantitative estimate of drug-likeness (QED) is 0.360. The van der Waals surface area contributed by atoms with Gasteiger partial charge in [-0.3, -0.25) is 10.1 Å². The van der Waals surface area contributed by atoms with Crippen LogP contribution in [0.15, 0.2) is 53.6 Å². The van der Waals surface area contributed by atoms with Gasteiger partial charge in [-0.25, -0.2) is 19.9 Å². The standard InChI is InChI=1S/C23H18N10S/c24-13-9-33(10-13)18-8-25-7-17(27-18)15-1-2-16-20(28-15)21(32-31-16)23-29-19-14(12-4-6-34-11-12)3-5-26-22(19)30-23/h1-8,11,13H,9-10,24H2,(H,31,32)(H,26,29,30). The topological polar surface area (TPSA) is 138 Å². The summed E-state index contributed by atoms with van der Waals surface area (Å²) in [7, 11) is 0. The Balaban J connectivity index is 1.31. The third-order valence-electron chi connectivity index (χ3n) is 5.97. The van der Waals surface area contributed by atoms with E-state index in [0.717, 1.165) is 41.1 Å². The van der Waals surface area contributed by atoms with Crippen molar-refractivity contribution in [3.05, 3.63) is 53.6 Å². The van der Waals surface area contributed by atoms with E-state index in [2.05, 4.69) is 46.9 Å². The number of rotatable bonds is 4. The predicted octanol–water partition coefficient (Wildman–Crippen LogP) is 3.23. The van der Waals surface area contributed by atoms with Crippen LogP contribution in [0, 0.1) is 0 Å². The Morgan fingerprint density at radius 3 is 2.82 bits per heavy atom. The zero-order valence-corrected chi connectivity index (χ0v) is 18.6. The van der Waals surface area contributed by atoms with Crippen LogP contribution >= 0.6 is 11.3 Å². The van der Waals surface area contributed by atoms with E-state index >= 15 is 0 Å². The monoisotopic (exact) mass is 466 g/mol. The minimum Gasteiger partial charge on any atom is -0.352 e. The van der Waals surface area contributed by atoms with Gasteiger partial charge in [0.2, 0.25) is 0 Å². The maximum atomic E-state index is 5.92. The first kappa shape index (κ1) is 19.3. The molecule has 0 unspecified atom stereocenters. The molecule has 0 atom stereocenters. The van der Waals surface area contributed by atoms with Crippen molar-refractivity contribution in [1.82, 2.24) is 40.1 Å². The first-order valence-electron chi connectivity index (χ1n) is 10.8. The van der Waals surface area contributed by atoms with Gasteiger partial charge in [-0.1, -0.05) is 0 Å². The number of thiophene rings is 1. The molecule has 4 N–H and O–H groups in total. The van der Waals surface area contributed by atoms with Gasteiger partial charge < -0.3 is 15.6 Å². The number of hydrogen-bond donors (Lipinski definition) is 3. The molecule has 6 aromatic heterocycles. The van der Waals surface area contributed by atoms with E-state index in [9.17, 15) is 0 Å². The van der Waals surface area contributed by atoms with Gasteiger partial charge in [0.25, 0.3) is 0 Å². The van der Waals surface area contributed by atoms with Crippen molar-refractivity contribution < 1.29 is 0 Å². The minimum absolute atomic E-state index is 0.187. The lowest BCUT2D eigenvalue weighted by atomic mass is 10.1. The third-order valence-corrected chi connectivity index (χ3v) is 6.66. The molecule has 7 heterocycles. The summed E-state index contributed by atoms with van der Waals surface area (Å²) >= 11 is 1.65. The molecule has 6 aromatic rings. The summed E-state index contributed by atoms with van der Waals surface area (Å²) in [6.07, 6.45) is 5.24. The van der Waals surface area contributed by atoms with Gasteiger partial charge >= 0.3 is 0 Å². The van der Waals surface area contributed by atoms with E-state index in [0.29, 0.717) is 34.1 Å². The maximum absolute atomic E-state index is 5.92. The van der Waals surface area contributed by atoms with E-state index < -0.39 is 0 Å². The second-order valence-electron chi connectivity index (χ2n) is 8.25. The fourth-order valence-corrected chi connectivity index (χ4v) is 4.88. The highest BCUT2D eigenvalue weighted by atomic mass is 32.1. The molecular formula is C23H18N10S. The molecule has 10 nitrogen and oxygen atoms in total. The number of hydrogen-bond acceptors (Lipinski definition) is 9. The van der Waals surface area contributed by atoms with E-state index in [-0.39, 0.29) is 6.04 Å². The molecule has 0 radical (unpaired) electrons. The summed E-state index contributed by atoms with van der Waals surface area (Å²) in [5, 5.41) is 11.7. The number of aromatic nitrogens is 8. The van der Waals surface area contributed by atoms with Crippen LogP contribution in [0.1, 0.15) is 0 Å².